The molecule has 0 saturated carbocycles. The van der Waals surface area contributed by atoms with Gasteiger partial charge in [-0.3, -0.25) is 9.30 Å². The van der Waals surface area contributed by atoms with Crippen LogP contribution in [-0.2, 0) is 11.3 Å². The van der Waals surface area contributed by atoms with Gasteiger partial charge in [0.1, 0.15) is 23.5 Å². The van der Waals surface area contributed by atoms with Gasteiger partial charge in [-0.15, -0.1) is 10.2 Å². The molecule has 11 nitrogen and oxygen atoms in total. The molecule has 204 valence electrons. The van der Waals surface area contributed by atoms with Crippen LogP contribution in [0, 0.1) is 5.82 Å². The van der Waals surface area contributed by atoms with Crippen molar-refractivity contribution in [3.8, 4) is 11.5 Å². The summed E-state index contributed by atoms with van der Waals surface area (Å²) in [5.41, 5.74) is 2.36. The van der Waals surface area contributed by atoms with Crippen LogP contribution in [0.25, 0.3) is 11.2 Å². The predicted molar refractivity (Wildman–Crippen MR) is 138 cm³/mol. The molecule has 12 heteroatoms. The number of ether oxygens (including phenoxy) is 3. The highest BCUT2D eigenvalue weighted by molar-refractivity contribution is 5.90. The van der Waals surface area contributed by atoms with Gasteiger partial charge < -0.3 is 24.2 Å². The van der Waals surface area contributed by atoms with Crippen molar-refractivity contribution < 1.29 is 33.3 Å². The van der Waals surface area contributed by atoms with Gasteiger partial charge in [0.25, 0.3) is 0 Å². The Morgan fingerprint density at radius 3 is 2.64 bits per heavy atom. The monoisotopic (exact) mass is 537 g/mol. The molecule has 1 N–H and O–H groups in total. The third-order valence-corrected chi connectivity index (χ3v) is 7.07. The fourth-order valence-electron chi connectivity index (χ4n) is 5.30. The van der Waals surface area contributed by atoms with Crippen LogP contribution in [0.15, 0.2) is 30.6 Å². The van der Waals surface area contributed by atoms with Crippen molar-refractivity contribution in [2.45, 2.75) is 45.3 Å². The van der Waals surface area contributed by atoms with Crippen LogP contribution < -0.4 is 14.4 Å². The van der Waals surface area contributed by atoms with Crippen LogP contribution in [-0.4, -0.2) is 68.7 Å². The Hall–Kier alpha value is -4.35. The lowest BCUT2D eigenvalue weighted by Crippen LogP contribution is -2.39. The molecule has 2 amide bonds. The van der Waals surface area contributed by atoms with E-state index in [4.69, 9.17) is 14.2 Å². The zero-order valence-corrected chi connectivity index (χ0v) is 21.8. The molecule has 0 aliphatic carbocycles. The van der Waals surface area contributed by atoms with Crippen LogP contribution >= 0.6 is 0 Å². The second-order valence-corrected chi connectivity index (χ2v) is 10.8. The Labute approximate surface area is 223 Å². The Balaban J connectivity index is 1.42. The maximum atomic E-state index is 15.1. The van der Waals surface area contributed by atoms with Gasteiger partial charge in [-0.05, 0) is 51.0 Å². The van der Waals surface area contributed by atoms with E-state index in [1.807, 2.05) is 26.8 Å². The van der Waals surface area contributed by atoms with Crippen molar-refractivity contribution >= 4 is 29.2 Å². The molecule has 6 rings (SSSR count). The summed E-state index contributed by atoms with van der Waals surface area (Å²) in [6.07, 6.45) is 2.22. The van der Waals surface area contributed by atoms with Crippen LogP contribution in [0.5, 0.6) is 11.5 Å². The molecule has 3 aromatic rings. The van der Waals surface area contributed by atoms with Gasteiger partial charge in [0.15, 0.2) is 17.2 Å². The third kappa shape index (κ3) is 4.39. The van der Waals surface area contributed by atoms with Gasteiger partial charge in [-0.2, -0.15) is 0 Å². The summed E-state index contributed by atoms with van der Waals surface area (Å²) in [4.78, 5) is 27.8. The summed E-state index contributed by atoms with van der Waals surface area (Å²) in [5, 5.41) is 18.6. The zero-order valence-electron chi connectivity index (χ0n) is 21.8. The second-order valence-electron chi connectivity index (χ2n) is 10.8. The van der Waals surface area contributed by atoms with E-state index in [9.17, 15) is 14.7 Å². The van der Waals surface area contributed by atoms with Crippen molar-refractivity contribution in [3.63, 3.8) is 0 Å². The fourth-order valence-corrected chi connectivity index (χ4v) is 5.30. The first-order valence-electron chi connectivity index (χ1n) is 12.7. The second kappa shape index (κ2) is 9.14. The summed E-state index contributed by atoms with van der Waals surface area (Å²) in [5.74, 6) is 0.266. The maximum Gasteiger partial charge on any atom is 0.413 e. The highest BCUT2D eigenvalue weighted by Crippen LogP contribution is 2.43. The van der Waals surface area contributed by atoms with Gasteiger partial charge in [0.2, 0.25) is 0 Å². The number of nitrogens with zero attached hydrogens (tertiary/aromatic N) is 5. The van der Waals surface area contributed by atoms with Gasteiger partial charge >= 0.3 is 12.2 Å². The lowest BCUT2D eigenvalue weighted by atomic mass is 9.95. The molecule has 39 heavy (non-hydrogen) atoms. The van der Waals surface area contributed by atoms with Gasteiger partial charge in [0.05, 0.1) is 25.7 Å². The van der Waals surface area contributed by atoms with Crippen LogP contribution in [0.3, 0.4) is 0 Å². The summed E-state index contributed by atoms with van der Waals surface area (Å²) in [6.45, 7) is 6.50. The van der Waals surface area contributed by atoms with E-state index in [0.29, 0.717) is 54.4 Å². The van der Waals surface area contributed by atoms with Gasteiger partial charge in [0, 0.05) is 29.8 Å². The van der Waals surface area contributed by atoms with E-state index >= 15 is 4.39 Å². The average Bonchev–Trinajstić information content (AvgIpc) is 3.54. The van der Waals surface area contributed by atoms with E-state index in [-0.39, 0.29) is 36.5 Å². The van der Waals surface area contributed by atoms with Crippen LogP contribution in [0.1, 0.15) is 49.8 Å². The third-order valence-electron chi connectivity index (χ3n) is 7.07. The number of carbonyl (C=O) groups is 2. The van der Waals surface area contributed by atoms with E-state index in [1.54, 1.807) is 21.4 Å². The molecule has 0 radical (unpaired) electrons. The molecule has 2 aromatic heterocycles. The summed E-state index contributed by atoms with van der Waals surface area (Å²) in [7, 11) is 0. The Kier molecular flexibility index (Phi) is 5.85. The number of rotatable bonds is 1. The molecule has 3 aliphatic rings. The SMILES string of the molecule is CC(C)(C)OC(=O)N1CC=C(c2cc3c(n4cnnc24)N(C(=O)O)Cc2c(F)ccc4c2[C@@H](CO4)CO3)CC1. The fraction of sp³-hybridized carbons (Fsp3) is 0.407. The predicted octanol–water partition coefficient (Wildman–Crippen LogP) is 4.45. The number of anilines is 1. The topological polar surface area (TPSA) is 119 Å². The summed E-state index contributed by atoms with van der Waals surface area (Å²) < 4.78 is 34.1. The number of carboxylic acid groups (broad SMARTS) is 1. The molecular formula is C27H28FN5O6. The minimum absolute atomic E-state index is 0.169. The minimum atomic E-state index is -1.28. The highest BCUT2D eigenvalue weighted by Gasteiger charge is 2.36. The molecule has 0 fully saturated rings. The van der Waals surface area contributed by atoms with Crippen molar-refractivity contribution in [1.82, 2.24) is 19.5 Å². The molecular weight excluding hydrogens is 509 g/mol. The normalized spacial score (nSPS) is 18.7. The Morgan fingerprint density at radius 1 is 1.18 bits per heavy atom. The number of hydrogen-bond acceptors (Lipinski definition) is 7. The Morgan fingerprint density at radius 2 is 1.95 bits per heavy atom. The number of hydrogen-bond donors (Lipinski definition) is 1. The number of carbonyl (C=O) groups excluding carboxylic acids is 1. The standard InChI is InChI=1S/C27H28FN5O6/c1-27(2,3)39-26(36)31-8-6-15(7-9-31)17-10-21-24(33-14-29-30-23(17)33)32(25(34)35)11-18-19(28)4-5-20-22(18)16(12-37-20)13-38-21/h4-6,10,14,16H,7-9,11-13H2,1-3H3,(H,34,35)/t16-/m0/s1. The van der Waals surface area contributed by atoms with E-state index < -0.39 is 17.5 Å². The van der Waals surface area contributed by atoms with E-state index in [2.05, 4.69) is 10.2 Å². The van der Waals surface area contributed by atoms with Crippen molar-refractivity contribution in [3.05, 3.63) is 53.1 Å². The summed E-state index contributed by atoms with van der Waals surface area (Å²) in [6, 6.07) is 4.62. The van der Waals surface area contributed by atoms with Gasteiger partial charge in [-0.1, -0.05) is 6.08 Å². The quantitative estimate of drug-likeness (QED) is 0.484. The van der Waals surface area contributed by atoms with Crippen LogP contribution in [0.2, 0.25) is 0 Å². The van der Waals surface area contributed by atoms with Crippen molar-refractivity contribution in [2.75, 3.05) is 31.2 Å². The smallest absolute Gasteiger partial charge is 0.413 e. The minimum Gasteiger partial charge on any atom is -0.493 e. The molecule has 1 atom stereocenters. The first-order chi connectivity index (χ1) is 18.6. The number of halogens is 1. The number of aromatic nitrogens is 3. The zero-order chi connectivity index (χ0) is 27.5. The number of amides is 2. The lowest BCUT2D eigenvalue weighted by Gasteiger charge is -2.30. The molecule has 0 bridgehead atoms. The lowest BCUT2D eigenvalue weighted by molar-refractivity contribution is 0.0270. The maximum absolute atomic E-state index is 15.1. The first kappa shape index (κ1) is 25.0. The number of benzene rings is 1. The molecule has 0 spiro atoms. The molecule has 0 unspecified atom stereocenters. The molecule has 3 aliphatic heterocycles. The van der Waals surface area contributed by atoms with Crippen molar-refractivity contribution in [2.24, 2.45) is 0 Å². The molecule has 5 heterocycles. The van der Waals surface area contributed by atoms with Crippen molar-refractivity contribution in [1.29, 1.82) is 0 Å². The Bertz CT molecular complexity index is 1530. The first-order valence-corrected chi connectivity index (χ1v) is 12.7. The van der Waals surface area contributed by atoms with Crippen LogP contribution in [0.4, 0.5) is 19.8 Å². The van der Waals surface area contributed by atoms with E-state index in [1.165, 1.54) is 12.4 Å². The largest absolute Gasteiger partial charge is 0.493 e. The number of pyridine rings is 1. The number of fused-ring (bicyclic) bond motifs is 3. The average molecular weight is 538 g/mol. The molecule has 0 saturated heterocycles. The van der Waals surface area contributed by atoms with Gasteiger partial charge in [-0.25, -0.2) is 14.0 Å². The highest BCUT2D eigenvalue weighted by atomic mass is 19.1. The summed E-state index contributed by atoms with van der Waals surface area (Å²) >= 11 is 0. The molecule has 1 aromatic carbocycles. The van der Waals surface area contributed by atoms with E-state index in [0.717, 1.165) is 10.5 Å².